The molecule has 20 heavy (non-hydrogen) atoms. The average Bonchev–Trinajstić information content (AvgIpc) is 2.38. The molecule has 0 aromatic carbocycles. The van der Waals surface area contributed by atoms with Crippen LogP contribution in [0, 0.1) is 23.7 Å². The number of esters is 2. The van der Waals surface area contributed by atoms with Gasteiger partial charge in [0.15, 0.2) is 6.10 Å². The predicted octanol–water partition coefficient (Wildman–Crippen LogP) is 2.23. The van der Waals surface area contributed by atoms with E-state index in [4.69, 9.17) is 9.47 Å². The lowest BCUT2D eigenvalue weighted by Crippen LogP contribution is -2.44. The van der Waals surface area contributed by atoms with E-state index in [-0.39, 0.29) is 6.10 Å². The Balaban J connectivity index is 1.57. The average molecular weight is 276 g/mol. The molecule has 4 saturated carbocycles. The molecule has 5 rings (SSSR count). The Labute approximate surface area is 118 Å². The maximum atomic E-state index is 11.4. The molecule has 4 bridgehead atoms. The normalized spacial score (nSPS) is 46.1. The molecule has 1 heterocycles. The molecule has 5 aliphatic rings. The zero-order valence-electron chi connectivity index (χ0n) is 11.7. The van der Waals surface area contributed by atoms with Gasteiger partial charge in [-0.25, -0.2) is 9.59 Å². The van der Waals surface area contributed by atoms with Crippen LogP contribution >= 0.6 is 0 Å². The fourth-order valence-electron chi connectivity index (χ4n) is 4.91. The number of carbonyl (C=O) groups excluding carboxylic acids is 2. The van der Waals surface area contributed by atoms with Crippen molar-refractivity contribution < 1.29 is 19.1 Å². The highest BCUT2D eigenvalue weighted by molar-refractivity contribution is 6.30. The highest BCUT2D eigenvalue weighted by atomic mass is 16.6. The van der Waals surface area contributed by atoms with Crippen molar-refractivity contribution in [3.8, 4) is 0 Å². The third-order valence-corrected chi connectivity index (χ3v) is 5.60. The largest absolute Gasteiger partial charge is 0.450 e. The van der Waals surface area contributed by atoms with Crippen LogP contribution in [0.4, 0.5) is 0 Å². The molecule has 4 nitrogen and oxygen atoms in total. The minimum Gasteiger partial charge on any atom is -0.450 e. The standard InChI is InChI=1S/C16H20O4/c1-8-14(20-16(18)15(17)19-8)7-13-11-3-9-2-10(5-11)6-12(13)4-9/h7-12,14H,2-6H2,1H3. The summed E-state index contributed by atoms with van der Waals surface area (Å²) in [5.74, 6) is 1.47. The molecule has 0 radical (unpaired) electrons. The number of rotatable bonds is 1. The molecule has 0 aromatic heterocycles. The van der Waals surface area contributed by atoms with Crippen LogP contribution in [0.25, 0.3) is 0 Å². The third-order valence-electron chi connectivity index (χ3n) is 5.60. The second-order valence-corrected chi connectivity index (χ2v) is 6.95. The van der Waals surface area contributed by atoms with Gasteiger partial charge in [-0.3, -0.25) is 0 Å². The Morgan fingerprint density at radius 3 is 2.05 bits per heavy atom. The van der Waals surface area contributed by atoms with E-state index in [1.165, 1.54) is 37.7 Å². The molecule has 0 spiro atoms. The quantitative estimate of drug-likeness (QED) is 0.418. The summed E-state index contributed by atoms with van der Waals surface area (Å²) in [7, 11) is 0. The van der Waals surface area contributed by atoms with Crippen molar-refractivity contribution in [1.29, 1.82) is 0 Å². The summed E-state index contributed by atoms with van der Waals surface area (Å²) in [4.78, 5) is 22.5. The molecule has 0 aromatic rings. The van der Waals surface area contributed by atoms with Crippen molar-refractivity contribution in [3.63, 3.8) is 0 Å². The van der Waals surface area contributed by atoms with Crippen LogP contribution in [0.2, 0.25) is 0 Å². The summed E-state index contributed by atoms with van der Waals surface area (Å²) in [5.41, 5.74) is 1.47. The third kappa shape index (κ3) is 1.88. The molecule has 108 valence electrons. The first-order chi connectivity index (χ1) is 9.60. The summed E-state index contributed by atoms with van der Waals surface area (Å²) in [5, 5.41) is 0. The van der Waals surface area contributed by atoms with Gasteiger partial charge in [-0.2, -0.15) is 0 Å². The van der Waals surface area contributed by atoms with Crippen molar-refractivity contribution in [3.05, 3.63) is 11.6 Å². The van der Waals surface area contributed by atoms with Crippen LogP contribution in [0.3, 0.4) is 0 Å². The Bertz CT molecular complexity index is 463. The van der Waals surface area contributed by atoms with E-state index < -0.39 is 18.0 Å². The van der Waals surface area contributed by atoms with Gasteiger partial charge in [0, 0.05) is 0 Å². The molecule has 4 aliphatic carbocycles. The number of carbonyl (C=O) groups is 2. The summed E-state index contributed by atoms with van der Waals surface area (Å²) in [6.45, 7) is 1.79. The van der Waals surface area contributed by atoms with E-state index in [1.807, 2.05) is 0 Å². The van der Waals surface area contributed by atoms with Gasteiger partial charge in [0.05, 0.1) is 0 Å². The number of hydrogen-bond donors (Lipinski definition) is 0. The van der Waals surface area contributed by atoms with Crippen molar-refractivity contribution in [2.75, 3.05) is 0 Å². The molecule has 1 aliphatic heterocycles. The Kier molecular flexibility index (Phi) is 2.69. The molecule has 2 atom stereocenters. The SMILES string of the molecule is CC1OC(=O)C(=O)OC1C=C1C2CC3CC(C2)CC1C3. The first kappa shape index (κ1) is 12.4. The molecule has 0 amide bonds. The number of allylic oxidation sites excluding steroid dienone is 1. The smallest absolute Gasteiger partial charge is 0.418 e. The fourth-order valence-corrected chi connectivity index (χ4v) is 4.91. The lowest BCUT2D eigenvalue weighted by atomic mass is 9.54. The van der Waals surface area contributed by atoms with Gasteiger partial charge >= 0.3 is 11.9 Å². The Morgan fingerprint density at radius 1 is 0.900 bits per heavy atom. The van der Waals surface area contributed by atoms with Gasteiger partial charge < -0.3 is 9.47 Å². The molecule has 2 unspecified atom stereocenters. The van der Waals surface area contributed by atoms with E-state index in [2.05, 4.69) is 6.08 Å². The minimum atomic E-state index is -0.864. The van der Waals surface area contributed by atoms with Gasteiger partial charge in [0.25, 0.3) is 0 Å². The summed E-state index contributed by atoms with van der Waals surface area (Å²) in [6, 6.07) is 0. The van der Waals surface area contributed by atoms with E-state index in [0.717, 1.165) is 11.8 Å². The van der Waals surface area contributed by atoms with E-state index in [1.54, 1.807) is 6.92 Å². The maximum Gasteiger partial charge on any atom is 0.418 e. The number of hydrogen-bond acceptors (Lipinski definition) is 4. The number of ether oxygens (including phenoxy) is 2. The minimum absolute atomic E-state index is 0.370. The van der Waals surface area contributed by atoms with Crippen LogP contribution in [-0.2, 0) is 19.1 Å². The molecular formula is C16H20O4. The second kappa shape index (κ2) is 4.34. The van der Waals surface area contributed by atoms with Gasteiger partial charge in [-0.1, -0.05) is 5.57 Å². The van der Waals surface area contributed by atoms with Crippen LogP contribution in [0.5, 0.6) is 0 Å². The summed E-state index contributed by atoms with van der Waals surface area (Å²) < 4.78 is 10.3. The Morgan fingerprint density at radius 2 is 1.45 bits per heavy atom. The van der Waals surface area contributed by atoms with Gasteiger partial charge in [-0.15, -0.1) is 0 Å². The lowest BCUT2D eigenvalue weighted by Gasteiger charge is -2.51. The first-order valence-corrected chi connectivity index (χ1v) is 7.73. The molecule has 1 saturated heterocycles. The van der Waals surface area contributed by atoms with Crippen molar-refractivity contribution in [2.45, 2.75) is 51.2 Å². The van der Waals surface area contributed by atoms with Crippen molar-refractivity contribution in [1.82, 2.24) is 0 Å². The molecular weight excluding hydrogens is 256 g/mol. The van der Waals surface area contributed by atoms with E-state index >= 15 is 0 Å². The zero-order valence-corrected chi connectivity index (χ0v) is 11.7. The summed E-state index contributed by atoms with van der Waals surface area (Å²) >= 11 is 0. The zero-order chi connectivity index (χ0) is 13.9. The lowest BCUT2D eigenvalue weighted by molar-refractivity contribution is -0.189. The topological polar surface area (TPSA) is 52.6 Å². The van der Waals surface area contributed by atoms with Crippen LogP contribution in [0.1, 0.15) is 39.0 Å². The second-order valence-electron chi connectivity index (χ2n) is 6.95. The Hall–Kier alpha value is -1.32. The van der Waals surface area contributed by atoms with Gasteiger partial charge in [-0.05, 0) is 68.8 Å². The fraction of sp³-hybridized carbons (Fsp3) is 0.750. The number of cyclic esters (lactones) is 2. The van der Waals surface area contributed by atoms with Crippen LogP contribution in [-0.4, -0.2) is 24.1 Å². The predicted molar refractivity (Wildman–Crippen MR) is 70.6 cm³/mol. The highest BCUT2D eigenvalue weighted by Crippen LogP contribution is 2.56. The summed E-state index contributed by atoms with van der Waals surface area (Å²) in [6.07, 6.45) is 7.95. The molecule has 0 N–H and O–H groups in total. The maximum absolute atomic E-state index is 11.4. The molecule has 4 heteroatoms. The van der Waals surface area contributed by atoms with Crippen molar-refractivity contribution >= 4 is 11.9 Å². The highest BCUT2D eigenvalue weighted by Gasteiger charge is 2.46. The van der Waals surface area contributed by atoms with Gasteiger partial charge in [0.1, 0.15) is 6.10 Å². The first-order valence-electron chi connectivity index (χ1n) is 7.73. The molecule has 5 fully saturated rings. The monoisotopic (exact) mass is 276 g/mol. The van der Waals surface area contributed by atoms with E-state index in [0.29, 0.717) is 11.8 Å². The van der Waals surface area contributed by atoms with E-state index in [9.17, 15) is 9.59 Å². The van der Waals surface area contributed by atoms with Gasteiger partial charge in [0.2, 0.25) is 0 Å². The van der Waals surface area contributed by atoms with Crippen molar-refractivity contribution in [2.24, 2.45) is 23.7 Å². The van der Waals surface area contributed by atoms with Crippen LogP contribution < -0.4 is 0 Å². The van der Waals surface area contributed by atoms with Crippen LogP contribution in [0.15, 0.2) is 11.6 Å².